The number of benzene rings is 2. The standard InChI is InChI=1S/C19H22N2O2/c20-16(11-13-22)19(15-7-2-1-3-8-15)21-12-6-14-23-18-10-5-4-9-17(18)21/h1-5,7-10,13,16,19H,6,11-12,14,20H2/t16-,19?/m1/s1. The normalized spacial score (nSPS) is 16.7. The van der Waals surface area contributed by atoms with E-state index in [-0.39, 0.29) is 12.1 Å². The van der Waals surface area contributed by atoms with E-state index in [2.05, 4.69) is 23.1 Å². The van der Waals surface area contributed by atoms with Crippen molar-refractivity contribution in [3.8, 4) is 5.75 Å². The number of para-hydroxylation sites is 2. The van der Waals surface area contributed by atoms with E-state index in [4.69, 9.17) is 10.5 Å². The first-order valence-corrected chi connectivity index (χ1v) is 8.04. The highest BCUT2D eigenvalue weighted by molar-refractivity contribution is 5.61. The smallest absolute Gasteiger partial charge is 0.142 e. The van der Waals surface area contributed by atoms with Crippen molar-refractivity contribution < 1.29 is 9.53 Å². The number of rotatable bonds is 5. The molecule has 2 aromatic carbocycles. The Labute approximate surface area is 136 Å². The van der Waals surface area contributed by atoms with E-state index in [1.54, 1.807) is 0 Å². The Morgan fingerprint density at radius 3 is 2.65 bits per heavy atom. The van der Waals surface area contributed by atoms with Gasteiger partial charge in [0.15, 0.2) is 0 Å². The van der Waals surface area contributed by atoms with E-state index < -0.39 is 0 Å². The van der Waals surface area contributed by atoms with Gasteiger partial charge in [0.05, 0.1) is 18.3 Å². The molecule has 0 aromatic heterocycles. The second kappa shape index (κ2) is 7.29. The molecular formula is C19H22N2O2. The fourth-order valence-electron chi connectivity index (χ4n) is 3.19. The molecule has 120 valence electrons. The molecule has 1 aliphatic heterocycles. The highest BCUT2D eigenvalue weighted by Crippen LogP contribution is 2.37. The second-order valence-corrected chi connectivity index (χ2v) is 5.78. The molecule has 0 radical (unpaired) electrons. The maximum atomic E-state index is 11.0. The van der Waals surface area contributed by atoms with Crippen LogP contribution >= 0.6 is 0 Å². The van der Waals surface area contributed by atoms with Crippen molar-refractivity contribution in [3.63, 3.8) is 0 Å². The van der Waals surface area contributed by atoms with Gasteiger partial charge in [0, 0.05) is 19.0 Å². The molecule has 0 spiro atoms. The summed E-state index contributed by atoms with van der Waals surface area (Å²) < 4.78 is 5.85. The highest BCUT2D eigenvalue weighted by Gasteiger charge is 2.29. The van der Waals surface area contributed by atoms with Gasteiger partial charge in [-0.3, -0.25) is 0 Å². The molecule has 0 amide bonds. The Hall–Kier alpha value is -2.33. The summed E-state index contributed by atoms with van der Waals surface area (Å²) in [5, 5.41) is 0. The zero-order valence-electron chi connectivity index (χ0n) is 13.1. The van der Waals surface area contributed by atoms with Crippen molar-refractivity contribution in [2.75, 3.05) is 18.1 Å². The summed E-state index contributed by atoms with van der Waals surface area (Å²) in [6.07, 6.45) is 2.16. The van der Waals surface area contributed by atoms with Gasteiger partial charge in [-0.15, -0.1) is 0 Å². The minimum Gasteiger partial charge on any atom is -0.491 e. The molecule has 0 bridgehead atoms. The maximum Gasteiger partial charge on any atom is 0.142 e. The Morgan fingerprint density at radius 2 is 1.87 bits per heavy atom. The van der Waals surface area contributed by atoms with Crippen LogP contribution in [-0.2, 0) is 4.79 Å². The first-order chi connectivity index (χ1) is 11.3. The zero-order valence-corrected chi connectivity index (χ0v) is 13.1. The van der Waals surface area contributed by atoms with Crippen molar-refractivity contribution in [2.24, 2.45) is 5.73 Å². The molecule has 1 aliphatic rings. The number of carbonyl (C=O) groups excluding carboxylic acids is 1. The molecule has 0 saturated heterocycles. The van der Waals surface area contributed by atoms with Crippen molar-refractivity contribution in [1.29, 1.82) is 0 Å². The van der Waals surface area contributed by atoms with Crippen LogP contribution in [0.3, 0.4) is 0 Å². The third-order valence-electron chi connectivity index (χ3n) is 4.23. The van der Waals surface area contributed by atoms with E-state index in [1.807, 2.05) is 36.4 Å². The number of anilines is 1. The molecule has 1 heterocycles. The first kappa shape index (κ1) is 15.6. The van der Waals surface area contributed by atoms with Gasteiger partial charge in [-0.05, 0) is 24.1 Å². The van der Waals surface area contributed by atoms with Crippen molar-refractivity contribution in [2.45, 2.75) is 24.9 Å². The van der Waals surface area contributed by atoms with Crippen molar-refractivity contribution in [3.05, 3.63) is 60.2 Å². The zero-order chi connectivity index (χ0) is 16.1. The van der Waals surface area contributed by atoms with Crippen LogP contribution in [0.25, 0.3) is 0 Å². The topological polar surface area (TPSA) is 55.6 Å². The number of fused-ring (bicyclic) bond motifs is 1. The number of nitrogens with two attached hydrogens (primary N) is 1. The summed E-state index contributed by atoms with van der Waals surface area (Å²) in [5.74, 6) is 0.879. The summed E-state index contributed by atoms with van der Waals surface area (Å²) >= 11 is 0. The number of hydrogen-bond donors (Lipinski definition) is 1. The molecular weight excluding hydrogens is 288 g/mol. The lowest BCUT2D eigenvalue weighted by molar-refractivity contribution is -0.108. The number of carbonyl (C=O) groups is 1. The summed E-state index contributed by atoms with van der Waals surface area (Å²) in [5.41, 5.74) is 8.55. The van der Waals surface area contributed by atoms with Gasteiger partial charge in [0.1, 0.15) is 12.0 Å². The fourth-order valence-corrected chi connectivity index (χ4v) is 3.19. The Morgan fingerprint density at radius 1 is 1.13 bits per heavy atom. The average Bonchev–Trinajstić information content (AvgIpc) is 2.79. The molecule has 0 aliphatic carbocycles. The quantitative estimate of drug-likeness (QED) is 0.863. The van der Waals surface area contributed by atoms with Crippen LogP contribution in [0, 0.1) is 0 Å². The molecule has 4 heteroatoms. The third-order valence-corrected chi connectivity index (χ3v) is 4.23. The van der Waals surface area contributed by atoms with Crippen LogP contribution in [0.1, 0.15) is 24.4 Å². The van der Waals surface area contributed by atoms with E-state index >= 15 is 0 Å². The predicted molar refractivity (Wildman–Crippen MR) is 91.7 cm³/mol. The van der Waals surface area contributed by atoms with Crippen molar-refractivity contribution >= 4 is 12.0 Å². The SMILES string of the molecule is N[C@H](CC=O)C(c1ccccc1)N1CCCOc2ccccc21. The van der Waals surface area contributed by atoms with Crippen LogP contribution in [0.5, 0.6) is 5.75 Å². The molecule has 23 heavy (non-hydrogen) atoms. The minimum atomic E-state index is -0.263. The molecule has 2 N–H and O–H groups in total. The van der Waals surface area contributed by atoms with Crippen LogP contribution in [0.2, 0.25) is 0 Å². The predicted octanol–water partition coefficient (Wildman–Crippen LogP) is 2.93. The second-order valence-electron chi connectivity index (χ2n) is 5.78. The molecule has 0 saturated carbocycles. The lowest BCUT2D eigenvalue weighted by atomic mass is 9.95. The number of ether oxygens (including phenoxy) is 1. The van der Waals surface area contributed by atoms with Gasteiger partial charge in [0.25, 0.3) is 0 Å². The minimum absolute atomic E-state index is 0.0516. The van der Waals surface area contributed by atoms with Gasteiger partial charge in [0.2, 0.25) is 0 Å². The van der Waals surface area contributed by atoms with Crippen molar-refractivity contribution in [1.82, 2.24) is 0 Å². The molecule has 3 rings (SSSR count). The summed E-state index contributed by atoms with van der Waals surface area (Å²) in [4.78, 5) is 13.3. The largest absolute Gasteiger partial charge is 0.491 e. The van der Waals surface area contributed by atoms with Gasteiger partial charge >= 0.3 is 0 Å². The Kier molecular flexibility index (Phi) is 4.93. The van der Waals surface area contributed by atoms with E-state index in [0.29, 0.717) is 13.0 Å². The van der Waals surface area contributed by atoms with E-state index in [0.717, 1.165) is 36.3 Å². The number of nitrogens with zero attached hydrogens (tertiary/aromatic N) is 1. The first-order valence-electron chi connectivity index (χ1n) is 8.04. The lowest BCUT2D eigenvalue weighted by Crippen LogP contribution is -2.42. The van der Waals surface area contributed by atoms with Gasteiger partial charge in [-0.1, -0.05) is 42.5 Å². The van der Waals surface area contributed by atoms with E-state index in [1.165, 1.54) is 0 Å². The number of hydrogen-bond acceptors (Lipinski definition) is 4. The van der Waals surface area contributed by atoms with Gasteiger partial charge in [-0.25, -0.2) is 0 Å². The molecule has 1 unspecified atom stereocenters. The summed E-state index contributed by atoms with van der Waals surface area (Å²) in [6.45, 7) is 1.54. The maximum absolute atomic E-state index is 11.0. The fraction of sp³-hybridized carbons (Fsp3) is 0.316. The van der Waals surface area contributed by atoms with E-state index in [9.17, 15) is 4.79 Å². The molecule has 2 atom stereocenters. The number of aldehydes is 1. The molecule has 0 fully saturated rings. The van der Waals surface area contributed by atoms with Gasteiger partial charge < -0.3 is 20.2 Å². The molecule has 4 nitrogen and oxygen atoms in total. The third kappa shape index (κ3) is 3.37. The lowest BCUT2D eigenvalue weighted by Gasteiger charge is -2.36. The van der Waals surface area contributed by atoms with Crippen LogP contribution in [0.4, 0.5) is 5.69 Å². The monoisotopic (exact) mass is 310 g/mol. The van der Waals surface area contributed by atoms with Crippen LogP contribution in [0.15, 0.2) is 54.6 Å². The van der Waals surface area contributed by atoms with Crippen LogP contribution in [-0.4, -0.2) is 25.5 Å². The Bertz CT molecular complexity index is 645. The highest BCUT2D eigenvalue weighted by atomic mass is 16.5. The summed E-state index contributed by atoms with van der Waals surface area (Å²) in [7, 11) is 0. The van der Waals surface area contributed by atoms with Gasteiger partial charge in [-0.2, -0.15) is 0 Å². The van der Waals surface area contributed by atoms with Crippen LogP contribution < -0.4 is 15.4 Å². The average molecular weight is 310 g/mol. The Balaban J connectivity index is 2.04. The molecule has 2 aromatic rings. The summed E-state index contributed by atoms with van der Waals surface area (Å²) in [6, 6.07) is 17.9.